The number of piperidine rings is 1. The first-order chi connectivity index (χ1) is 14.7. The lowest BCUT2D eigenvalue weighted by Crippen LogP contribution is -2.41. The summed E-state index contributed by atoms with van der Waals surface area (Å²) in [6.45, 7) is 4.78. The van der Waals surface area contributed by atoms with E-state index in [1.54, 1.807) is 18.3 Å². The smallest absolute Gasteiger partial charge is 0.324 e. The third-order valence-corrected chi connectivity index (χ3v) is 9.09. The molecule has 8 heteroatoms. The summed E-state index contributed by atoms with van der Waals surface area (Å²) in [4.78, 5) is 31.5. The van der Waals surface area contributed by atoms with E-state index in [1.807, 2.05) is 66.5 Å². The molecule has 0 saturated carbocycles. The van der Waals surface area contributed by atoms with Gasteiger partial charge in [-0.1, -0.05) is 26.0 Å². The number of benzene rings is 1. The molecule has 0 aliphatic carbocycles. The quantitative estimate of drug-likeness (QED) is 0.667. The summed E-state index contributed by atoms with van der Waals surface area (Å²) in [6, 6.07) is 10.6. The maximum atomic E-state index is 12.9. The largest absolute Gasteiger partial charge is 0.331 e. The minimum absolute atomic E-state index is 0.0284. The average Bonchev–Trinajstić information content (AvgIpc) is 3.33. The number of nitrogens with one attached hydrogen (secondary N) is 2. The number of carbonyl (C=O) groups excluding carboxylic acids is 2. The predicted octanol–water partition coefficient (Wildman–Crippen LogP) is 5.22. The molecule has 0 bridgehead atoms. The molecule has 1 spiro atoms. The fourth-order valence-corrected chi connectivity index (χ4v) is 7.56. The fraction of sp³-hybridized carbons (Fsp3) is 0.409. The molecule has 1 atom stereocenters. The Kier molecular flexibility index (Phi) is 6.24. The van der Waals surface area contributed by atoms with Gasteiger partial charge in [-0.2, -0.15) is 0 Å². The van der Waals surface area contributed by atoms with Crippen molar-refractivity contribution in [3.05, 3.63) is 53.7 Å². The van der Waals surface area contributed by atoms with Gasteiger partial charge < -0.3 is 10.2 Å². The van der Waals surface area contributed by atoms with Gasteiger partial charge in [-0.05, 0) is 37.1 Å². The second-order valence-electron chi connectivity index (χ2n) is 7.14. The van der Waals surface area contributed by atoms with E-state index in [2.05, 4.69) is 15.6 Å². The number of hydrogen-bond acceptors (Lipinski definition) is 5. The zero-order valence-electron chi connectivity index (χ0n) is 17.2. The van der Waals surface area contributed by atoms with Gasteiger partial charge in [-0.25, -0.2) is 9.78 Å². The molecule has 1 aromatic heterocycles. The van der Waals surface area contributed by atoms with Crippen LogP contribution in [-0.4, -0.2) is 44.0 Å². The summed E-state index contributed by atoms with van der Waals surface area (Å²) >= 11 is 4.06. The van der Waals surface area contributed by atoms with Crippen LogP contribution < -0.4 is 10.6 Å². The van der Waals surface area contributed by atoms with Crippen LogP contribution in [0, 0.1) is 0 Å². The topological polar surface area (TPSA) is 74.3 Å². The number of urea groups is 1. The van der Waals surface area contributed by atoms with Gasteiger partial charge in [-0.3, -0.25) is 10.1 Å². The standard InChI is InChI=1S/C20H20N4O2S2.C2H6/c25-18-13-4-3-5-14(22-19(26)23-16-6-1-2-8-21-16)17(13)15-12-20(7-9-24(15)18)27-10-11-28-20;1-2/h1-6,8,15H,7,9-12H2,(H2,21,22,23,26);1-2H3. The Hall–Kier alpha value is -2.19. The van der Waals surface area contributed by atoms with Crippen LogP contribution >= 0.6 is 23.5 Å². The van der Waals surface area contributed by atoms with Crippen LogP contribution in [0.25, 0.3) is 0 Å². The summed E-state index contributed by atoms with van der Waals surface area (Å²) in [5.41, 5.74) is 2.37. The summed E-state index contributed by atoms with van der Waals surface area (Å²) < 4.78 is 0.201. The fourth-order valence-electron chi connectivity index (χ4n) is 4.29. The minimum atomic E-state index is -0.354. The van der Waals surface area contributed by atoms with E-state index in [4.69, 9.17) is 0 Å². The number of rotatable bonds is 2. The van der Waals surface area contributed by atoms with Crippen LogP contribution in [-0.2, 0) is 0 Å². The van der Waals surface area contributed by atoms with Crippen molar-refractivity contribution >= 4 is 47.0 Å². The highest BCUT2D eigenvalue weighted by atomic mass is 32.2. The molecule has 2 N–H and O–H groups in total. The van der Waals surface area contributed by atoms with E-state index in [0.29, 0.717) is 17.1 Å². The number of amides is 3. The number of hydrogen-bond donors (Lipinski definition) is 2. The first-order valence-electron chi connectivity index (χ1n) is 10.4. The molecular weight excluding hydrogens is 416 g/mol. The Morgan fingerprint density at radius 2 is 1.93 bits per heavy atom. The number of fused-ring (bicyclic) bond motifs is 3. The lowest BCUT2D eigenvalue weighted by molar-refractivity contribution is 0.0669. The van der Waals surface area contributed by atoms with Crippen LogP contribution in [0.3, 0.4) is 0 Å². The highest BCUT2D eigenvalue weighted by Gasteiger charge is 2.49. The average molecular weight is 443 g/mol. The highest BCUT2D eigenvalue weighted by molar-refractivity contribution is 8.21. The van der Waals surface area contributed by atoms with Gasteiger partial charge in [0.15, 0.2) is 0 Å². The molecule has 1 aromatic carbocycles. The van der Waals surface area contributed by atoms with Gasteiger partial charge in [0.25, 0.3) is 5.91 Å². The highest BCUT2D eigenvalue weighted by Crippen LogP contribution is 2.57. The van der Waals surface area contributed by atoms with E-state index < -0.39 is 0 Å². The van der Waals surface area contributed by atoms with Crippen molar-refractivity contribution in [3.8, 4) is 0 Å². The van der Waals surface area contributed by atoms with E-state index in [0.717, 1.165) is 24.9 Å². The van der Waals surface area contributed by atoms with Gasteiger partial charge >= 0.3 is 6.03 Å². The molecule has 6 nitrogen and oxygen atoms in total. The lowest BCUT2D eigenvalue weighted by atomic mass is 9.95. The number of carbonyl (C=O) groups is 2. The van der Waals surface area contributed by atoms with Gasteiger partial charge in [0.1, 0.15) is 5.82 Å². The molecule has 2 saturated heterocycles. The zero-order valence-corrected chi connectivity index (χ0v) is 18.8. The third-order valence-electron chi connectivity index (χ3n) is 5.51. The number of aromatic nitrogens is 1. The van der Waals surface area contributed by atoms with Crippen LogP contribution in [0.15, 0.2) is 42.6 Å². The zero-order chi connectivity index (χ0) is 21.1. The summed E-state index contributed by atoms with van der Waals surface area (Å²) in [7, 11) is 0. The molecule has 30 heavy (non-hydrogen) atoms. The predicted molar refractivity (Wildman–Crippen MR) is 125 cm³/mol. The number of nitrogens with zero attached hydrogens (tertiary/aromatic N) is 2. The van der Waals surface area contributed by atoms with Crippen LogP contribution in [0.1, 0.15) is 48.7 Å². The molecule has 0 radical (unpaired) electrons. The Morgan fingerprint density at radius 3 is 2.67 bits per heavy atom. The van der Waals surface area contributed by atoms with Gasteiger partial charge in [0.2, 0.25) is 0 Å². The molecule has 5 rings (SSSR count). The molecule has 158 valence electrons. The van der Waals surface area contributed by atoms with Crippen molar-refractivity contribution in [1.29, 1.82) is 0 Å². The normalized spacial score (nSPS) is 20.8. The van der Waals surface area contributed by atoms with Crippen molar-refractivity contribution in [2.24, 2.45) is 0 Å². The van der Waals surface area contributed by atoms with Crippen LogP contribution in [0.5, 0.6) is 0 Å². The van der Waals surface area contributed by atoms with Gasteiger partial charge in [-0.15, -0.1) is 23.5 Å². The van der Waals surface area contributed by atoms with E-state index in [1.165, 1.54) is 11.5 Å². The maximum Gasteiger partial charge on any atom is 0.324 e. The van der Waals surface area contributed by atoms with Crippen molar-refractivity contribution in [2.45, 2.75) is 36.8 Å². The summed E-state index contributed by atoms with van der Waals surface area (Å²) in [6.07, 6.45) is 3.59. The maximum absolute atomic E-state index is 12.9. The Balaban J connectivity index is 0.00000106. The second-order valence-corrected chi connectivity index (χ2v) is 10.4. The summed E-state index contributed by atoms with van der Waals surface area (Å²) in [5, 5.41) is 5.69. The van der Waals surface area contributed by atoms with Crippen LogP contribution in [0.4, 0.5) is 16.3 Å². The first-order valence-corrected chi connectivity index (χ1v) is 12.3. The Morgan fingerprint density at radius 1 is 1.13 bits per heavy atom. The number of anilines is 2. The SMILES string of the molecule is CC.O=C(Nc1ccccn1)Nc1cccc2c1C1CC3(CCN1C2=O)SCCS3. The second kappa shape index (κ2) is 8.89. The Labute approximate surface area is 185 Å². The number of pyridine rings is 1. The first kappa shape index (κ1) is 21.1. The van der Waals surface area contributed by atoms with Crippen molar-refractivity contribution in [2.75, 3.05) is 28.7 Å². The summed E-state index contributed by atoms with van der Waals surface area (Å²) in [5.74, 6) is 2.91. The van der Waals surface area contributed by atoms with E-state index in [9.17, 15) is 9.59 Å². The van der Waals surface area contributed by atoms with Crippen molar-refractivity contribution < 1.29 is 9.59 Å². The molecule has 2 fully saturated rings. The third kappa shape index (κ3) is 3.90. The molecule has 2 aromatic rings. The lowest BCUT2D eigenvalue weighted by Gasteiger charge is -2.41. The molecule has 1 unspecified atom stereocenters. The molecule has 3 aliphatic heterocycles. The van der Waals surface area contributed by atoms with E-state index >= 15 is 0 Å². The van der Waals surface area contributed by atoms with Gasteiger partial charge in [0.05, 0.1) is 10.1 Å². The van der Waals surface area contributed by atoms with Crippen molar-refractivity contribution in [1.82, 2.24) is 9.88 Å². The molecular formula is C22H26N4O2S2. The molecule has 3 aliphatic rings. The van der Waals surface area contributed by atoms with Gasteiger partial charge in [0, 0.05) is 41.1 Å². The minimum Gasteiger partial charge on any atom is -0.331 e. The Bertz CT molecular complexity index is 932. The monoisotopic (exact) mass is 442 g/mol. The molecule has 3 amide bonds. The molecule has 4 heterocycles. The number of thioether (sulfide) groups is 2. The van der Waals surface area contributed by atoms with E-state index in [-0.39, 0.29) is 22.1 Å². The van der Waals surface area contributed by atoms with Crippen LogP contribution in [0.2, 0.25) is 0 Å². The van der Waals surface area contributed by atoms with Crippen molar-refractivity contribution in [3.63, 3.8) is 0 Å².